The minimum absolute atomic E-state index is 0.172. The molecule has 0 radical (unpaired) electrons. The van der Waals surface area contributed by atoms with Crippen LogP contribution in [0.3, 0.4) is 0 Å². The Balaban J connectivity index is 1.92. The molecular formula is C15H15N3O. The fourth-order valence-corrected chi connectivity index (χ4v) is 2.12. The van der Waals surface area contributed by atoms with Gasteiger partial charge in [0.1, 0.15) is 5.69 Å². The molecule has 2 aromatic carbocycles. The monoisotopic (exact) mass is 253 g/mol. The Kier molecular flexibility index (Phi) is 3.25. The topological polar surface area (TPSA) is 50.9 Å². The molecule has 3 aromatic rings. The summed E-state index contributed by atoms with van der Waals surface area (Å²) in [5.74, 6) is 0. The van der Waals surface area contributed by atoms with Crippen LogP contribution in [-0.2, 0) is 6.54 Å². The van der Waals surface area contributed by atoms with E-state index in [1.165, 1.54) is 10.8 Å². The van der Waals surface area contributed by atoms with Gasteiger partial charge in [0.25, 0.3) is 0 Å². The number of aromatic nitrogens is 3. The Morgan fingerprint density at radius 1 is 1.05 bits per heavy atom. The van der Waals surface area contributed by atoms with Crippen LogP contribution in [-0.4, -0.2) is 26.7 Å². The maximum Gasteiger partial charge on any atom is 0.113 e. The smallest absolute Gasteiger partial charge is 0.113 e. The summed E-state index contributed by atoms with van der Waals surface area (Å²) in [7, 11) is 0. The van der Waals surface area contributed by atoms with Gasteiger partial charge in [-0.1, -0.05) is 41.6 Å². The lowest BCUT2D eigenvalue weighted by Crippen LogP contribution is -2.00. The van der Waals surface area contributed by atoms with Crippen LogP contribution >= 0.6 is 0 Å². The number of hydrogen-bond donors (Lipinski definition) is 1. The third kappa shape index (κ3) is 2.48. The van der Waals surface area contributed by atoms with E-state index >= 15 is 0 Å². The maximum absolute atomic E-state index is 8.81. The van der Waals surface area contributed by atoms with E-state index in [9.17, 15) is 0 Å². The number of aliphatic hydroxyl groups is 1. The van der Waals surface area contributed by atoms with Gasteiger partial charge in [-0.05, 0) is 23.3 Å². The number of aliphatic hydroxyl groups excluding tert-OH is 1. The Morgan fingerprint density at radius 2 is 1.89 bits per heavy atom. The minimum atomic E-state index is 0.172. The van der Waals surface area contributed by atoms with E-state index < -0.39 is 0 Å². The van der Waals surface area contributed by atoms with Gasteiger partial charge in [-0.15, -0.1) is 5.10 Å². The number of fused-ring (bicyclic) bond motifs is 1. The second kappa shape index (κ2) is 5.20. The van der Waals surface area contributed by atoms with Crippen LogP contribution in [0.5, 0.6) is 0 Å². The molecule has 0 aliphatic heterocycles. The molecule has 0 atom stereocenters. The number of aryl methyl sites for hydroxylation is 1. The van der Waals surface area contributed by atoms with Gasteiger partial charge in [-0.2, -0.15) is 0 Å². The van der Waals surface area contributed by atoms with Crippen molar-refractivity contribution in [3.63, 3.8) is 0 Å². The van der Waals surface area contributed by atoms with E-state index in [1.54, 1.807) is 4.68 Å². The largest absolute Gasteiger partial charge is 0.396 e. The van der Waals surface area contributed by atoms with Crippen molar-refractivity contribution in [3.8, 4) is 11.3 Å². The average Bonchev–Trinajstić information content (AvgIpc) is 2.93. The molecule has 0 aliphatic carbocycles. The number of hydrogen-bond acceptors (Lipinski definition) is 3. The van der Waals surface area contributed by atoms with Gasteiger partial charge >= 0.3 is 0 Å². The van der Waals surface area contributed by atoms with Crippen LogP contribution in [0.4, 0.5) is 0 Å². The molecule has 0 unspecified atom stereocenters. The van der Waals surface area contributed by atoms with Crippen LogP contribution < -0.4 is 0 Å². The fourth-order valence-electron chi connectivity index (χ4n) is 2.12. The normalized spacial score (nSPS) is 11.0. The van der Waals surface area contributed by atoms with Gasteiger partial charge in [0.15, 0.2) is 0 Å². The summed E-state index contributed by atoms with van der Waals surface area (Å²) in [5.41, 5.74) is 1.93. The summed E-state index contributed by atoms with van der Waals surface area (Å²) in [6, 6.07) is 14.5. The van der Waals surface area contributed by atoms with Gasteiger partial charge in [-0.3, -0.25) is 4.68 Å². The molecule has 0 saturated heterocycles. The van der Waals surface area contributed by atoms with Crippen molar-refractivity contribution in [1.82, 2.24) is 15.0 Å². The van der Waals surface area contributed by atoms with Gasteiger partial charge in [-0.25, -0.2) is 0 Å². The zero-order valence-corrected chi connectivity index (χ0v) is 10.5. The molecule has 0 spiro atoms. The summed E-state index contributed by atoms with van der Waals surface area (Å²) in [6.45, 7) is 0.863. The highest BCUT2D eigenvalue weighted by atomic mass is 16.3. The molecule has 0 fully saturated rings. The fraction of sp³-hybridized carbons (Fsp3) is 0.200. The molecule has 4 nitrogen and oxygen atoms in total. The van der Waals surface area contributed by atoms with Crippen molar-refractivity contribution in [2.24, 2.45) is 0 Å². The lowest BCUT2D eigenvalue weighted by molar-refractivity contribution is 0.276. The number of benzene rings is 2. The molecule has 0 amide bonds. The molecule has 1 N–H and O–H groups in total. The average molecular weight is 253 g/mol. The summed E-state index contributed by atoms with van der Waals surface area (Å²) in [6.07, 6.45) is 2.61. The summed E-state index contributed by atoms with van der Waals surface area (Å²) in [4.78, 5) is 0. The highest BCUT2D eigenvalue weighted by Gasteiger charge is 2.04. The molecule has 1 aromatic heterocycles. The van der Waals surface area contributed by atoms with Crippen LogP contribution in [0.25, 0.3) is 22.0 Å². The van der Waals surface area contributed by atoms with Gasteiger partial charge in [0, 0.05) is 18.7 Å². The van der Waals surface area contributed by atoms with Crippen LogP contribution in [0.1, 0.15) is 6.42 Å². The first-order chi connectivity index (χ1) is 9.36. The van der Waals surface area contributed by atoms with E-state index in [1.807, 2.05) is 18.3 Å². The zero-order chi connectivity index (χ0) is 13.1. The van der Waals surface area contributed by atoms with Gasteiger partial charge in [0.05, 0.1) is 6.20 Å². The van der Waals surface area contributed by atoms with E-state index in [2.05, 4.69) is 40.6 Å². The Labute approximate surface area is 111 Å². The van der Waals surface area contributed by atoms with Crippen molar-refractivity contribution in [2.45, 2.75) is 13.0 Å². The molecule has 0 bridgehead atoms. The first kappa shape index (κ1) is 11.9. The van der Waals surface area contributed by atoms with Gasteiger partial charge < -0.3 is 5.11 Å². The van der Waals surface area contributed by atoms with Crippen LogP contribution in [0.2, 0.25) is 0 Å². The van der Waals surface area contributed by atoms with E-state index in [0.29, 0.717) is 13.0 Å². The third-order valence-electron chi connectivity index (χ3n) is 3.13. The van der Waals surface area contributed by atoms with Crippen LogP contribution in [0.15, 0.2) is 48.7 Å². The SMILES string of the molecule is OCCCn1cc(-c2ccc3ccccc3c2)nn1. The highest BCUT2D eigenvalue weighted by Crippen LogP contribution is 2.22. The molecule has 0 saturated carbocycles. The first-order valence-corrected chi connectivity index (χ1v) is 6.37. The zero-order valence-electron chi connectivity index (χ0n) is 10.5. The summed E-state index contributed by atoms with van der Waals surface area (Å²) >= 11 is 0. The van der Waals surface area contributed by atoms with Crippen molar-refractivity contribution in [3.05, 3.63) is 48.7 Å². The molecule has 3 rings (SSSR count). The van der Waals surface area contributed by atoms with Crippen molar-refractivity contribution in [1.29, 1.82) is 0 Å². The van der Waals surface area contributed by atoms with E-state index in [4.69, 9.17) is 5.11 Å². The lowest BCUT2D eigenvalue weighted by Gasteiger charge is -2.00. The molecule has 1 heterocycles. The Bertz CT molecular complexity index is 690. The summed E-state index contributed by atoms with van der Waals surface area (Å²) in [5, 5.41) is 19.5. The molecule has 0 aliphatic rings. The lowest BCUT2D eigenvalue weighted by atomic mass is 10.1. The quantitative estimate of drug-likeness (QED) is 0.777. The second-order valence-electron chi connectivity index (χ2n) is 4.51. The number of rotatable bonds is 4. The second-order valence-corrected chi connectivity index (χ2v) is 4.51. The predicted molar refractivity (Wildman–Crippen MR) is 74.7 cm³/mol. The van der Waals surface area contributed by atoms with Crippen molar-refractivity contribution >= 4 is 10.8 Å². The first-order valence-electron chi connectivity index (χ1n) is 6.37. The van der Waals surface area contributed by atoms with E-state index in [0.717, 1.165) is 11.3 Å². The number of nitrogens with zero attached hydrogens (tertiary/aromatic N) is 3. The van der Waals surface area contributed by atoms with Gasteiger partial charge in [0.2, 0.25) is 0 Å². The third-order valence-corrected chi connectivity index (χ3v) is 3.13. The van der Waals surface area contributed by atoms with Crippen LogP contribution in [0, 0.1) is 0 Å². The van der Waals surface area contributed by atoms with Crippen molar-refractivity contribution < 1.29 is 5.11 Å². The standard InChI is InChI=1S/C15H15N3O/c19-9-3-8-18-11-15(16-17-18)14-7-6-12-4-1-2-5-13(12)10-14/h1-2,4-7,10-11,19H,3,8-9H2. The summed E-state index contributed by atoms with van der Waals surface area (Å²) < 4.78 is 1.76. The molecular weight excluding hydrogens is 238 g/mol. The van der Waals surface area contributed by atoms with E-state index in [-0.39, 0.29) is 6.61 Å². The minimum Gasteiger partial charge on any atom is -0.396 e. The molecule has 96 valence electrons. The molecule has 19 heavy (non-hydrogen) atoms. The molecule has 4 heteroatoms. The predicted octanol–water partition coefficient (Wildman–Crippen LogP) is 2.48. The van der Waals surface area contributed by atoms with Crippen molar-refractivity contribution in [2.75, 3.05) is 6.61 Å². The Hall–Kier alpha value is -2.20. The Morgan fingerprint density at radius 3 is 2.74 bits per heavy atom. The maximum atomic E-state index is 8.81. The highest BCUT2D eigenvalue weighted by molar-refractivity contribution is 5.86.